The molecular weight excluding hydrogens is 350 g/mol. The zero-order valence-corrected chi connectivity index (χ0v) is 15.4. The topological polar surface area (TPSA) is 63.9 Å². The van der Waals surface area contributed by atoms with Crippen LogP contribution in [-0.4, -0.2) is 43.6 Å². The normalized spacial score (nSPS) is 17.6. The van der Waals surface area contributed by atoms with Crippen LogP contribution in [0.4, 0.5) is 0 Å². The summed E-state index contributed by atoms with van der Waals surface area (Å²) in [6.07, 6.45) is 5.65. The van der Waals surface area contributed by atoms with Crippen LogP contribution in [-0.2, 0) is 18.3 Å². The van der Waals surface area contributed by atoms with Crippen LogP contribution in [0.3, 0.4) is 0 Å². The molecule has 1 fully saturated rings. The number of carbonyl (C=O) groups is 1. The molecule has 0 bridgehead atoms. The number of halogens is 1. The summed E-state index contributed by atoms with van der Waals surface area (Å²) in [7, 11) is 1.88. The smallest absolute Gasteiger partial charge is 0.227 e. The number of hydrogen-bond acceptors (Lipinski definition) is 4. The van der Waals surface area contributed by atoms with Gasteiger partial charge in [0.2, 0.25) is 5.91 Å². The third-order valence-corrected chi connectivity index (χ3v) is 5.31. The summed E-state index contributed by atoms with van der Waals surface area (Å²) in [5, 5.41) is 5.28. The molecule has 1 aliphatic rings. The lowest BCUT2D eigenvalue weighted by Crippen LogP contribution is -2.40. The molecule has 2 aromatic heterocycles. The Morgan fingerprint density at radius 2 is 2.08 bits per heavy atom. The Balaban J connectivity index is 1.54. The molecule has 0 N–H and O–H groups in total. The maximum atomic E-state index is 12.8. The average molecular weight is 370 g/mol. The second-order valence-corrected chi connectivity index (χ2v) is 7.09. The zero-order chi connectivity index (χ0) is 18.1. The summed E-state index contributed by atoms with van der Waals surface area (Å²) >= 11 is 6.20. The molecule has 4 rings (SSSR count). The van der Waals surface area contributed by atoms with Crippen molar-refractivity contribution in [2.45, 2.75) is 25.2 Å². The van der Waals surface area contributed by atoms with Gasteiger partial charge in [-0.1, -0.05) is 29.8 Å². The number of fused-ring (bicyclic) bond motifs is 1. The lowest BCUT2D eigenvalue weighted by Gasteiger charge is -2.32. The molecule has 1 unspecified atom stereocenters. The van der Waals surface area contributed by atoms with E-state index < -0.39 is 0 Å². The predicted octanol–water partition coefficient (Wildman–Crippen LogP) is 2.97. The molecule has 134 valence electrons. The fourth-order valence-corrected chi connectivity index (χ4v) is 3.83. The third kappa shape index (κ3) is 3.17. The lowest BCUT2D eigenvalue weighted by molar-refractivity contribution is -0.131. The van der Waals surface area contributed by atoms with Gasteiger partial charge in [-0.3, -0.25) is 4.79 Å². The van der Waals surface area contributed by atoms with E-state index in [0.717, 1.165) is 41.8 Å². The van der Waals surface area contributed by atoms with Crippen molar-refractivity contribution in [1.82, 2.24) is 24.6 Å². The van der Waals surface area contributed by atoms with E-state index in [0.29, 0.717) is 18.0 Å². The van der Waals surface area contributed by atoms with Gasteiger partial charge >= 0.3 is 0 Å². The van der Waals surface area contributed by atoms with Gasteiger partial charge in [0.15, 0.2) is 5.65 Å². The van der Waals surface area contributed by atoms with Crippen molar-refractivity contribution in [2.24, 2.45) is 7.05 Å². The van der Waals surface area contributed by atoms with Gasteiger partial charge in [-0.15, -0.1) is 0 Å². The van der Waals surface area contributed by atoms with E-state index in [4.69, 9.17) is 11.6 Å². The van der Waals surface area contributed by atoms with Gasteiger partial charge in [-0.05, 0) is 24.5 Å². The Morgan fingerprint density at radius 1 is 1.27 bits per heavy atom. The maximum absolute atomic E-state index is 12.8. The fourth-order valence-electron chi connectivity index (χ4n) is 3.62. The van der Waals surface area contributed by atoms with Crippen molar-refractivity contribution in [3.63, 3.8) is 0 Å². The average Bonchev–Trinajstić information content (AvgIpc) is 3.01. The minimum atomic E-state index is 0.106. The highest BCUT2D eigenvalue weighted by atomic mass is 35.5. The number of nitrogens with zero attached hydrogens (tertiary/aromatic N) is 5. The number of aryl methyl sites for hydroxylation is 1. The summed E-state index contributed by atoms with van der Waals surface area (Å²) in [6.45, 7) is 1.43. The van der Waals surface area contributed by atoms with Crippen LogP contribution < -0.4 is 0 Å². The fraction of sp³-hybridized carbons (Fsp3) is 0.368. The van der Waals surface area contributed by atoms with Crippen LogP contribution >= 0.6 is 11.6 Å². The number of hydrogen-bond donors (Lipinski definition) is 0. The molecule has 0 aliphatic carbocycles. The standard InChI is InChI=1S/C19H20ClN5O/c1-24-19-18(21-8-9-22-19)17(23-24)14-6-4-10-25(12-14)16(26)11-13-5-2-3-7-15(13)20/h2-3,5,7-9,14H,4,6,10-12H2,1H3. The van der Waals surface area contributed by atoms with E-state index in [1.165, 1.54) is 0 Å². The number of aromatic nitrogens is 4. The first-order valence-electron chi connectivity index (χ1n) is 8.78. The second kappa shape index (κ2) is 7.03. The van der Waals surface area contributed by atoms with Crippen molar-refractivity contribution in [3.8, 4) is 0 Å². The van der Waals surface area contributed by atoms with Gasteiger partial charge in [-0.25, -0.2) is 14.6 Å². The van der Waals surface area contributed by atoms with Gasteiger partial charge in [0.25, 0.3) is 0 Å². The van der Waals surface area contributed by atoms with Crippen LogP contribution in [0.15, 0.2) is 36.7 Å². The maximum Gasteiger partial charge on any atom is 0.227 e. The molecule has 0 spiro atoms. The van der Waals surface area contributed by atoms with E-state index in [9.17, 15) is 4.79 Å². The molecule has 1 aliphatic heterocycles. The largest absolute Gasteiger partial charge is 0.342 e. The van der Waals surface area contributed by atoms with Gasteiger partial charge in [0, 0.05) is 43.5 Å². The van der Waals surface area contributed by atoms with Crippen molar-refractivity contribution in [1.29, 1.82) is 0 Å². The van der Waals surface area contributed by atoms with E-state index in [2.05, 4.69) is 15.1 Å². The number of amides is 1. The van der Waals surface area contributed by atoms with Crippen molar-refractivity contribution in [2.75, 3.05) is 13.1 Å². The SMILES string of the molecule is Cn1nc(C2CCCN(C(=O)Cc3ccccc3Cl)C2)c2nccnc21. The predicted molar refractivity (Wildman–Crippen MR) is 100 cm³/mol. The minimum Gasteiger partial charge on any atom is -0.342 e. The highest BCUT2D eigenvalue weighted by Gasteiger charge is 2.29. The molecule has 0 radical (unpaired) electrons. The van der Waals surface area contributed by atoms with Crippen LogP contribution in [0.1, 0.15) is 30.0 Å². The second-order valence-electron chi connectivity index (χ2n) is 6.68. The van der Waals surface area contributed by atoms with Crippen molar-refractivity contribution in [3.05, 3.63) is 52.9 Å². The van der Waals surface area contributed by atoms with Gasteiger partial charge < -0.3 is 4.90 Å². The summed E-state index contributed by atoms with van der Waals surface area (Å²) < 4.78 is 1.77. The number of likely N-dealkylation sites (tertiary alicyclic amines) is 1. The Bertz CT molecular complexity index is 954. The first-order chi connectivity index (χ1) is 12.6. The van der Waals surface area contributed by atoms with Crippen LogP contribution in [0, 0.1) is 0 Å². The Labute approximate surface area is 156 Å². The minimum absolute atomic E-state index is 0.106. The molecule has 1 atom stereocenters. The van der Waals surface area contributed by atoms with Crippen molar-refractivity contribution < 1.29 is 4.79 Å². The van der Waals surface area contributed by atoms with Crippen LogP contribution in [0.5, 0.6) is 0 Å². The summed E-state index contributed by atoms with van der Waals surface area (Å²) in [5.74, 6) is 0.286. The first kappa shape index (κ1) is 17.0. The zero-order valence-electron chi connectivity index (χ0n) is 14.6. The summed E-state index contributed by atoms with van der Waals surface area (Å²) in [5.41, 5.74) is 3.42. The van der Waals surface area contributed by atoms with Crippen LogP contribution in [0.2, 0.25) is 5.02 Å². The quantitative estimate of drug-likeness (QED) is 0.712. The molecular formula is C19H20ClN5O. The van der Waals surface area contributed by atoms with Crippen LogP contribution in [0.25, 0.3) is 11.2 Å². The number of carbonyl (C=O) groups excluding carboxylic acids is 1. The van der Waals surface area contributed by atoms with Gasteiger partial charge in [0.1, 0.15) is 5.52 Å². The van der Waals surface area contributed by atoms with Crippen molar-refractivity contribution >= 4 is 28.7 Å². The molecule has 7 heteroatoms. The lowest BCUT2D eigenvalue weighted by atomic mass is 9.94. The highest BCUT2D eigenvalue weighted by Crippen LogP contribution is 2.30. The Morgan fingerprint density at radius 3 is 2.92 bits per heavy atom. The molecule has 6 nitrogen and oxygen atoms in total. The Hall–Kier alpha value is -2.47. The molecule has 0 saturated carbocycles. The first-order valence-corrected chi connectivity index (χ1v) is 9.16. The number of rotatable bonds is 3. The van der Waals surface area contributed by atoms with E-state index >= 15 is 0 Å². The molecule has 1 amide bonds. The summed E-state index contributed by atoms with van der Waals surface area (Å²) in [4.78, 5) is 23.5. The highest BCUT2D eigenvalue weighted by molar-refractivity contribution is 6.31. The monoisotopic (exact) mass is 369 g/mol. The number of piperidine rings is 1. The molecule has 26 heavy (non-hydrogen) atoms. The van der Waals surface area contributed by atoms with E-state index in [1.54, 1.807) is 17.1 Å². The number of benzene rings is 1. The van der Waals surface area contributed by atoms with E-state index in [1.807, 2.05) is 36.2 Å². The molecule has 3 aromatic rings. The summed E-state index contributed by atoms with van der Waals surface area (Å²) in [6, 6.07) is 7.51. The molecule has 3 heterocycles. The van der Waals surface area contributed by atoms with Gasteiger partial charge in [-0.2, -0.15) is 5.10 Å². The van der Waals surface area contributed by atoms with E-state index in [-0.39, 0.29) is 11.8 Å². The molecule has 1 saturated heterocycles. The van der Waals surface area contributed by atoms with Gasteiger partial charge in [0.05, 0.1) is 12.1 Å². The third-order valence-electron chi connectivity index (χ3n) is 4.95. The molecule has 1 aromatic carbocycles. The Kier molecular flexibility index (Phi) is 4.59.